The average molecular weight is 757 g/mol. The van der Waals surface area contributed by atoms with Crippen LogP contribution in [-0.2, 0) is 19.1 Å². The van der Waals surface area contributed by atoms with Gasteiger partial charge in [-0.2, -0.15) is 0 Å². The molecule has 5 saturated heterocycles. The molecule has 2 N–H and O–H groups in total. The Balaban J connectivity index is 0.920. The minimum absolute atomic E-state index is 0.0410. The van der Waals surface area contributed by atoms with Gasteiger partial charge in [-0.25, -0.2) is 9.98 Å². The van der Waals surface area contributed by atoms with E-state index in [-0.39, 0.29) is 58.2 Å². The Kier molecular flexibility index (Phi) is 9.85. The number of rotatable bonds is 8. The van der Waals surface area contributed by atoms with Gasteiger partial charge >= 0.3 is 0 Å². The summed E-state index contributed by atoms with van der Waals surface area (Å²) in [6.45, 7) is 1.85. The van der Waals surface area contributed by atoms with Crippen molar-refractivity contribution in [1.82, 2.24) is 19.6 Å². The average Bonchev–Trinajstić information content (AvgIpc) is 3.92. The third kappa shape index (κ3) is 6.33. The van der Waals surface area contributed by atoms with E-state index in [1.54, 1.807) is 81.5 Å². The number of aliphatic imine (C=N–C) groups is 2. The van der Waals surface area contributed by atoms with E-state index in [0.717, 1.165) is 11.5 Å². The first-order chi connectivity index (χ1) is 24.3. The molecular formula is C34H40N6O6S4. The van der Waals surface area contributed by atoms with Gasteiger partial charge in [0, 0.05) is 48.2 Å². The second-order valence-electron chi connectivity index (χ2n) is 13.3. The maximum atomic E-state index is 14.3. The van der Waals surface area contributed by atoms with Gasteiger partial charge in [-0.3, -0.25) is 19.4 Å². The number of nitrogens with zero attached hydrogens (tertiary/aromatic N) is 6. The lowest BCUT2D eigenvalue weighted by Gasteiger charge is -2.48. The van der Waals surface area contributed by atoms with E-state index in [1.165, 1.54) is 0 Å². The zero-order valence-corrected chi connectivity index (χ0v) is 31.0. The number of hydrogen-bond acceptors (Lipinski definition) is 14. The van der Waals surface area contributed by atoms with E-state index in [0.29, 0.717) is 60.7 Å². The summed E-state index contributed by atoms with van der Waals surface area (Å²) in [6, 6.07) is 13.1. The number of piperazine rings is 1. The monoisotopic (exact) mass is 756 g/mol. The fourth-order valence-corrected chi connectivity index (χ4v) is 13.0. The predicted molar refractivity (Wildman–Crippen MR) is 200 cm³/mol. The molecule has 2 aromatic carbocycles. The molecule has 0 spiro atoms. The standard InChI is InChI=1S/C34H40N6O6S4/c1-37-19(15-47-33(37)23-13-45-29(35-23)21-7-3-5-9-27(21)41)11-39-25-17-49-50-18-26(31(39)43)40(32(25)44)12-20-16-48-34(38(20)2)24-14-46-30(36-24)22-8-4-6-10-28(22)42/h3-10,19-20,23-26,33-34,41-42H,11-18H2,1-2H3/t19-,20-,23-,24-,25+,26+,33-,34+/m0/s1. The quantitative estimate of drug-likeness (QED) is 0.385. The van der Waals surface area contributed by atoms with Gasteiger partial charge in [-0.15, -0.1) is 23.5 Å². The summed E-state index contributed by atoms with van der Waals surface area (Å²) in [5.41, 5.74) is 1.19. The van der Waals surface area contributed by atoms with Crippen LogP contribution in [-0.4, -0.2) is 164 Å². The number of phenols is 2. The van der Waals surface area contributed by atoms with Crippen LogP contribution in [0.25, 0.3) is 0 Å². The molecule has 2 bridgehead atoms. The second-order valence-corrected chi connectivity index (χ2v) is 18.2. The fourth-order valence-electron chi connectivity index (χ4n) is 7.50. The molecule has 12 nitrogen and oxygen atoms in total. The summed E-state index contributed by atoms with van der Waals surface area (Å²) in [6.07, 6.45) is 0. The molecule has 2 amide bonds. The van der Waals surface area contributed by atoms with Gasteiger partial charge in [0.15, 0.2) is 0 Å². The summed E-state index contributed by atoms with van der Waals surface area (Å²) in [4.78, 5) is 46.5. The maximum absolute atomic E-state index is 14.3. The first-order valence-corrected chi connectivity index (χ1v) is 21.4. The van der Waals surface area contributed by atoms with Gasteiger partial charge in [-0.05, 0) is 38.4 Å². The number of aromatic hydroxyl groups is 2. The van der Waals surface area contributed by atoms with E-state index in [9.17, 15) is 19.8 Å². The number of likely N-dealkylation sites (N-methyl/N-ethyl adjacent to an activating group) is 2. The van der Waals surface area contributed by atoms with Crippen LogP contribution in [0.15, 0.2) is 58.5 Å². The van der Waals surface area contributed by atoms with E-state index in [2.05, 4.69) is 23.9 Å². The van der Waals surface area contributed by atoms with E-state index in [1.807, 2.05) is 21.9 Å². The van der Waals surface area contributed by atoms with Crippen LogP contribution in [0.4, 0.5) is 0 Å². The van der Waals surface area contributed by atoms with Crippen LogP contribution in [0.3, 0.4) is 0 Å². The Morgan fingerprint density at radius 3 is 1.52 bits per heavy atom. The molecule has 7 aliphatic rings. The Morgan fingerprint density at radius 1 is 0.680 bits per heavy atom. The summed E-state index contributed by atoms with van der Waals surface area (Å²) >= 11 is 3.61. The van der Waals surface area contributed by atoms with Crippen LogP contribution in [0.1, 0.15) is 11.1 Å². The third-order valence-corrected chi connectivity index (χ3v) is 15.9. The SMILES string of the molecule is CN1[C@@H](CN2C(=O)[C@H]3CSSC[C@@H]2C(=O)N3C[C@H]2CS[C@@H]([C@@H]3COC(c4ccccc4O)=N3)N2C)CS[C@@H]1[C@@H]1COC(c2ccccc2O)=N1. The molecule has 0 aliphatic carbocycles. The van der Waals surface area contributed by atoms with Gasteiger partial charge in [0.1, 0.15) is 48.9 Å². The molecular weight excluding hydrogens is 717 g/mol. The Bertz CT molecular complexity index is 1580. The van der Waals surface area contributed by atoms with Crippen LogP contribution in [0, 0.1) is 0 Å². The number of benzene rings is 2. The largest absolute Gasteiger partial charge is 0.507 e. The van der Waals surface area contributed by atoms with Crippen molar-refractivity contribution >= 4 is 68.7 Å². The molecule has 16 heteroatoms. The number of para-hydroxylation sites is 2. The Morgan fingerprint density at radius 2 is 1.10 bits per heavy atom. The molecule has 5 fully saturated rings. The van der Waals surface area contributed by atoms with Gasteiger partial charge in [-0.1, -0.05) is 45.9 Å². The van der Waals surface area contributed by atoms with E-state index >= 15 is 0 Å². The summed E-state index contributed by atoms with van der Waals surface area (Å²) < 4.78 is 11.8. The molecule has 0 radical (unpaired) electrons. The number of amides is 2. The van der Waals surface area contributed by atoms with Crippen molar-refractivity contribution in [3.05, 3.63) is 59.7 Å². The molecule has 7 heterocycles. The van der Waals surface area contributed by atoms with Crippen LogP contribution >= 0.6 is 45.1 Å². The molecule has 9 rings (SSSR count). The molecule has 0 unspecified atom stereocenters. The molecule has 50 heavy (non-hydrogen) atoms. The highest BCUT2D eigenvalue weighted by molar-refractivity contribution is 8.76. The summed E-state index contributed by atoms with van der Waals surface area (Å²) in [5.74, 6) is 4.07. The normalized spacial score (nSPS) is 33.3. The molecule has 266 valence electrons. The van der Waals surface area contributed by atoms with Gasteiger partial charge < -0.3 is 29.5 Å². The minimum atomic E-state index is -0.501. The number of phenolic OH excluding ortho intramolecular Hbond substituents is 2. The molecule has 7 aliphatic heterocycles. The predicted octanol–water partition coefficient (Wildman–Crippen LogP) is 2.64. The highest BCUT2D eigenvalue weighted by atomic mass is 33.1. The first-order valence-electron chi connectivity index (χ1n) is 16.8. The Hall–Kier alpha value is -2.76. The lowest BCUT2D eigenvalue weighted by molar-refractivity contribution is -0.161. The molecule has 8 atom stereocenters. The third-order valence-electron chi connectivity index (χ3n) is 10.4. The number of hydrogen-bond donors (Lipinski definition) is 2. The number of carbonyl (C=O) groups excluding carboxylic acids is 2. The van der Waals surface area contributed by atoms with Crippen LogP contribution in [0.2, 0.25) is 0 Å². The van der Waals surface area contributed by atoms with Crippen molar-refractivity contribution in [3.8, 4) is 11.5 Å². The first kappa shape index (κ1) is 34.3. The lowest BCUT2D eigenvalue weighted by atomic mass is 10.0. The lowest BCUT2D eigenvalue weighted by Crippen LogP contribution is -2.69. The Labute approximate surface area is 307 Å². The topological polar surface area (TPSA) is 131 Å². The smallest absolute Gasteiger partial charge is 0.247 e. The molecule has 0 aromatic heterocycles. The zero-order valence-electron chi connectivity index (χ0n) is 27.7. The number of thioether (sulfide) groups is 2. The van der Waals surface area contributed by atoms with Crippen molar-refractivity contribution in [2.45, 2.75) is 47.0 Å². The van der Waals surface area contributed by atoms with Gasteiger partial charge in [0.05, 0.1) is 21.9 Å². The zero-order chi connectivity index (χ0) is 34.5. The minimum Gasteiger partial charge on any atom is -0.507 e. The van der Waals surface area contributed by atoms with Gasteiger partial charge in [0.25, 0.3) is 0 Å². The summed E-state index contributed by atoms with van der Waals surface area (Å²) in [7, 11) is 7.51. The van der Waals surface area contributed by atoms with Crippen molar-refractivity contribution in [2.75, 3.05) is 63.4 Å². The van der Waals surface area contributed by atoms with Crippen molar-refractivity contribution in [3.63, 3.8) is 0 Å². The molecule has 2 aromatic rings. The highest BCUT2D eigenvalue weighted by Crippen LogP contribution is 2.40. The van der Waals surface area contributed by atoms with Crippen molar-refractivity contribution in [2.24, 2.45) is 9.98 Å². The number of ether oxygens (including phenoxy) is 2. The van der Waals surface area contributed by atoms with Crippen molar-refractivity contribution in [1.29, 1.82) is 0 Å². The maximum Gasteiger partial charge on any atom is 0.247 e. The number of fused-ring (bicyclic) bond motifs is 5. The number of carbonyl (C=O) groups is 2. The van der Waals surface area contributed by atoms with Crippen molar-refractivity contribution < 1.29 is 29.3 Å². The van der Waals surface area contributed by atoms with Crippen LogP contribution in [0.5, 0.6) is 11.5 Å². The van der Waals surface area contributed by atoms with E-state index < -0.39 is 12.1 Å². The fraction of sp³-hybridized carbons (Fsp3) is 0.529. The van der Waals surface area contributed by atoms with Gasteiger partial charge in [0.2, 0.25) is 23.6 Å². The summed E-state index contributed by atoms with van der Waals surface area (Å²) in [5, 5.41) is 20.7. The van der Waals surface area contributed by atoms with Crippen LogP contribution < -0.4 is 0 Å². The van der Waals surface area contributed by atoms with E-state index in [4.69, 9.17) is 19.5 Å². The highest BCUT2D eigenvalue weighted by Gasteiger charge is 2.51. The second kappa shape index (κ2) is 14.3. The molecule has 0 saturated carbocycles.